The molecule has 0 radical (unpaired) electrons. The van der Waals surface area contributed by atoms with E-state index < -0.39 is 6.10 Å². The van der Waals surface area contributed by atoms with Crippen LogP contribution in [-0.2, 0) is 19.1 Å². The molecule has 80 heavy (non-hydrogen) atoms. The quantitative estimate of drug-likeness (QED) is 0.0373. The van der Waals surface area contributed by atoms with E-state index in [4.69, 9.17) is 9.47 Å². The minimum absolute atomic E-state index is 0.0642. The number of hydrogen-bond acceptors (Lipinski definition) is 5. The Hall–Kier alpha value is -2.92. The Morgan fingerprint density at radius 1 is 0.300 bits per heavy atom. The number of aliphatic hydroxyl groups is 1. The molecular weight excluding hydrogens is 981 g/mol. The number of ether oxygens (including phenoxy) is 2. The van der Waals surface area contributed by atoms with Gasteiger partial charge >= 0.3 is 11.9 Å². The highest BCUT2D eigenvalue weighted by Gasteiger charge is 2.16. The maximum Gasteiger partial charge on any atom is 0.306 e. The predicted octanol–water partition coefficient (Wildman–Crippen LogP) is 24.4. The summed E-state index contributed by atoms with van der Waals surface area (Å²) in [6.07, 6.45) is 99.1. The van der Waals surface area contributed by atoms with Crippen LogP contribution in [0.2, 0.25) is 0 Å². The smallest absolute Gasteiger partial charge is 0.306 e. The number of rotatable bonds is 65. The van der Waals surface area contributed by atoms with Crippen LogP contribution in [0.1, 0.15) is 361 Å². The van der Waals surface area contributed by atoms with Crippen LogP contribution in [0.5, 0.6) is 0 Å². The zero-order valence-corrected chi connectivity index (χ0v) is 53.3. The number of unbranched alkanes of at least 4 members (excludes halogenated alkanes) is 43. The molecule has 0 saturated carbocycles. The van der Waals surface area contributed by atoms with Crippen molar-refractivity contribution in [1.29, 1.82) is 0 Å². The Morgan fingerprint density at radius 2 is 0.537 bits per heavy atom. The zero-order chi connectivity index (χ0) is 57.6. The van der Waals surface area contributed by atoms with Crippen molar-refractivity contribution in [3.8, 4) is 0 Å². The van der Waals surface area contributed by atoms with E-state index in [0.717, 1.165) is 77.0 Å². The number of hydrogen-bond donors (Lipinski definition) is 1. The second-order valence-electron chi connectivity index (χ2n) is 23.6. The van der Waals surface area contributed by atoms with Gasteiger partial charge in [-0.25, -0.2) is 0 Å². The molecule has 0 heterocycles. The summed E-state index contributed by atoms with van der Waals surface area (Å²) in [6, 6.07) is 0. The van der Waals surface area contributed by atoms with Gasteiger partial charge in [-0.2, -0.15) is 0 Å². The molecule has 0 spiro atoms. The van der Waals surface area contributed by atoms with Gasteiger partial charge in [0.15, 0.2) is 6.10 Å². The Morgan fingerprint density at radius 3 is 0.812 bits per heavy atom. The third-order valence-corrected chi connectivity index (χ3v) is 15.7. The second-order valence-corrected chi connectivity index (χ2v) is 23.6. The maximum atomic E-state index is 12.4. The predicted molar refractivity (Wildman–Crippen MR) is 353 cm³/mol. The molecule has 0 aromatic rings. The number of esters is 2. The van der Waals surface area contributed by atoms with Crippen molar-refractivity contribution in [2.75, 3.05) is 13.2 Å². The maximum absolute atomic E-state index is 12.4. The third kappa shape index (κ3) is 67.6. The number of aliphatic hydroxyl groups excluding tert-OH is 1. The Balaban J connectivity index is 3.41. The fraction of sp³-hybridized carbons (Fsp3) is 0.787. The van der Waals surface area contributed by atoms with Crippen LogP contribution in [0, 0.1) is 0 Å². The molecule has 0 bridgehead atoms. The van der Waals surface area contributed by atoms with E-state index in [2.05, 4.69) is 98.9 Å². The number of allylic oxidation sites excluding steroid dienone is 14. The molecule has 0 aromatic heterocycles. The van der Waals surface area contributed by atoms with E-state index in [9.17, 15) is 14.7 Å². The van der Waals surface area contributed by atoms with E-state index in [1.54, 1.807) is 0 Å². The van der Waals surface area contributed by atoms with Gasteiger partial charge in [0.05, 0.1) is 6.61 Å². The number of carbonyl (C=O) groups is 2. The normalized spacial score (nSPS) is 12.7. The Labute approximate surface area is 498 Å². The van der Waals surface area contributed by atoms with Crippen LogP contribution in [0.3, 0.4) is 0 Å². The van der Waals surface area contributed by atoms with E-state index in [1.165, 1.54) is 257 Å². The Bertz CT molecular complexity index is 1450. The molecule has 0 fully saturated rings. The van der Waals surface area contributed by atoms with Crippen LogP contribution in [0.25, 0.3) is 0 Å². The highest BCUT2D eigenvalue weighted by molar-refractivity contribution is 5.70. The van der Waals surface area contributed by atoms with E-state index in [0.29, 0.717) is 12.8 Å². The molecule has 0 aromatic carbocycles. The van der Waals surface area contributed by atoms with Crippen molar-refractivity contribution in [2.45, 2.75) is 367 Å². The minimum Gasteiger partial charge on any atom is -0.462 e. The second kappa shape index (κ2) is 70.3. The molecule has 5 heteroatoms. The van der Waals surface area contributed by atoms with Gasteiger partial charge < -0.3 is 14.6 Å². The van der Waals surface area contributed by atoms with Crippen molar-refractivity contribution >= 4 is 11.9 Å². The monoisotopic (exact) mass is 1120 g/mol. The first kappa shape index (κ1) is 77.1. The summed E-state index contributed by atoms with van der Waals surface area (Å²) in [4.78, 5) is 24.6. The summed E-state index contributed by atoms with van der Waals surface area (Å²) in [5, 5.41) is 9.70. The highest BCUT2D eigenvalue weighted by Crippen LogP contribution is 2.18. The summed E-state index contributed by atoms with van der Waals surface area (Å²) in [5.74, 6) is -0.576. The van der Waals surface area contributed by atoms with Crippen molar-refractivity contribution in [3.63, 3.8) is 0 Å². The van der Waals surface area contributed by atoms with E-state index in [-0.39, 0.29) is 25.2 Å². The molecule has 0 aliphatic heterocycles. The lowest BCUT2D eigenvalue weighted by Crippen LogP contribution is -2.28. The molecule has 1 unspecified atom stereocenters. The minimum atomic E-state index is -0.775. The van der Waals surface area contributed by atoms with Gasteiger partial charge in [0.2, 0.25) is 0 Å². The first-order valence-corrected chi connectivity index (χ1v) is 35.1. The van der Waals surface area contributed by atoms with Gasteiger partial charge in [-0.05, 0) is 89.9 Å². The van der Waals surface area contributed by atoms with Crippen LogP contribution < -0.4 is 0 Å². The van der Waals surface area contributed by atoms with Gasteiger partial charge in [0.1, 0.15) is 6.61 Å². The lowest BCUT2D eigenvalue weighted by Gasteiger charge is -2.15. The average molecular weight is 1120 g/mol. The van der Waals surface area contributed by atoms with Crippen LogP contribution in [0.15, 0.2) is 85.1 Å². The molecule has 5 nitrogen and oxygen atoms in total. The SMILES string of the molecule is CC/C=C\C/C=C\C/C=C\C/C=C\CCCCCCCCCCCCCCCCC(=O)OC(CO)COC(=O)CCCCCCCCCCCCCCCCCCCCCCCCCC/C=C\C/C=C\C/C=C\CCCCCCC. The first-order valence-electron chi connectivity index (χ1n) is 35.1. The molecule has 0 amide bonds. The van der Waals surface area contributed by atoms with Crippen molar-refractivity contribution < 1.29 is 24.2 Å². The van der Waals surface area contributed by atoms with Crippen molar-refractivity contribution in [1.82, 2.24) is 0 Å². The molecule has 464 valence electrons. The summed E-state index contributed by atoms with van der Waals surface area (Å²) >= 11 is 0. The molecule has 0 rings (SSSR count). The van der Waals surface area contributed by atoms with E-state index >= 15 is 0 Å². The van der Waals surface area contributed by atoms with Crippen LogP contribution in [-0.4, -0.2) is 36.4 Å². The molecule has 0 aliphatic rings. The Kier molecular flexibility index (Phi) is 67.8. The number of carbonyl (C=O) groups excluding carboxylic acids is 2. The summed E-state index contributed by atoms with van der Waals surface area (Å²) < 4.78 is 10.8. The largest absolute Gasteiger partial charge is 0.462 e. The zero-order valence-electron chi connectivity index (χ0n) is 53.3. The lowest BCUT2D eigenvalue weighted by molar-refractivity contribution is -0.161. The topological polar surface area (TPSA) is 72.8 Å². The summed E-state index contributed by atoms with van der Waals surface area (Å²) in [6.45, 7) is 4.06. The van der Waals surface area contributed by atoms with Gasteiger partial charge in [-0.1, -0.05) is 343 Å². The molecule has 0 saturated heterocycles. The average Bonchev–Trinajstić information content (AvgIpc) is 3.46. The van der Waals surface area contributed by atoms with E-state index in [1.807, 2.05) is 0 Å². The van der Waals surface area contributed by atoms with Crippen molar-refractivity contribution in [2.24, 2.45) is 0 Å². The van der Waals surface area contributed by atoms with Gasteiger partial charge in [0.25, 0.3) is 0 Å². The molecule has 1 atom stereocenters. The van der Waals surface area contributed by atoms with Gasteiger partial charge in [0, 0.05) is 12.8 Å². The van der Waals surface area contributed by atoms with Crippen LogP contribution >= 0.6 is 0 Å². The third-order valence-electron chi connectivity index (χ3n) is 15.7. The van der Waals surface area contributed by atoms with Gasteiger partial charge in [-0.3, -0.25) is 9.59 Å². The summed E-state index contributed by atoms with van der Waals surface area (Å²) in [7, 11) is 0. The fourth-order valence-electron chi connectivity index (χ4n) is 10.4. The fourth-order valence-corrected chi connectivity index (χ4v) is 10.4. The standard InChI is InChI=1S/C75H134O5/c1-3-5-7-9-11-13-15-17-19-21-23-25-27-29-31-32-33-34-35-36-37-38-39-40-41-42-44-45-47-49-51-53-55-57-59-61-63-65-67-69-74(77)79-72-73(71-76)80-75(78)70-68-66-64-62-60-58-56-54-52-50-48-46-43-30-28-26-24-22-20-18-16-14-12-10-8-6-4-2/h6,8,12,14-15,17-18,20-21,23-24,26-27,29,73,76H,3-5,7,9-11,13,16,19,22,25,28,30-72H2,1-2H3/b8-6-,14-12-,17-15-,20-18-,23-21-,26-24-,29-27-. The lowest BCUT2D eigenvalue weighted by atomic mass is 10.0. The first-order chi connectivity index (χ1) is 39.6. The highest BCUT2D eigenvalue weighted by atomic mass is 16.6. The molecule has 0 aliphatic carbocycles. The molecule has 1 N–H and O–H groups in total. The van der Waals surface area contributed by atoms with Gasteiger partial charge in [-0.15, -0.1) is 0 Å². The summed E-state index contributed by atoms with van der Waals surface area (Å²) in [5.41, 5.74) is 0. The van der Waals surface area contributed by atoms with Crippen LogP contribution in [0.4, 0.5) is 0 Å². The molecular formula is C75H134O5. The van der Waals surface area contributed by atoms with Crippen molar-refractivity contribution in [3.05, 3.63) is 85.1 Å².